The third-order valence-corrected chi connectivity index (χ3v) is 2.09. The maximum absolute atomic E-state index is 13.3. The SMILES string of the molecule is CCCC(Oc1ccccc1F)C(=O)NN. The average molecular weight is 226 g/mol. The summed E-state index contributed by atoms with van der Waals surface area (Å²) in [5.41, 5.74) is 2.00. The largest absolute Gasteiger partial charge is 0.477 e. The highest BCUT2D eigenvalue weighted by molar-refractivity contribution is 5.80. The van der Waals surface area contributed by atoms with Gasteiger partial charge in [-0.1, -0.05) is 25.5 Å². The van der Waals surface area contributed by atoms with Gasteiger partial charge in [0.1, 0.15) is 0 Å². The molecule has 3 N–H and O–H groups in total. The molecule has 0 saturated heterocycles. The summed E-state index contributed by atoms with van der Waals surface area (Å²) in [6, 6.07) is 5.95. The molecule has 0 spiro atoms. The van der Waals surface area contributed by atoms with E-state index in [0.717, 1.165) is 6.42 Å². The van der Waals surface area contributed by atoms with E-state index in [1.165, 1.54) is 12.1 Å². The number of carbonyl (C=O) groups excluding carboxylic acids is 1. The van der Waals surface area contributed by atoms with E-state index in [9.17, 15) is 9.18 Å². The zero-order chi connectivity index (χ0) is 12.0. The van der Waals surface area contributed by atoms with Gasteiger partial charge in [-0.25, -0.2) is 10.2 Å². The van der Waals surface area contributed by atoms with Crippen LogP contribution in [0.25, 0.3) is 0 Å². The molecule has 1 amide bonds. The van der Waals surface area contributed by atoms with Gasteiger partial charge in [-0.2, -0.15) is 0 Å². The minimum absolute atomic E-state index is 0.0598. The molecule has 0 saturated carbocycles. The normalized spacial score (nSPS) is 11.9. The maximum atomic E-state index is 13.3. The fourth-order valence-electron chi connectivity index (χ4n) is 1.29. The molecule has 1 aromatic carbocycles. The first-order valence-electron chi connectivity index (χ1n) is 5.10. The molecular weight excluding hydrogens is 211 g/mol. The highest BCUT2D eigenvalue weighted by atomic mass is 19.1. The summed E-state index contributed by atoms with van der Waals surface area (Å²) in [6.45, 7) is 1.90. The number of hydrogen-bond acceptors (Lipinski definition) is 3. The van der Waals surface area contributed by atoms with Crippen LogP contribution in [-0.4, -0.2) is 12.0 Å². The molecule has 0 aliphatic rings. The van der Waals surface area contributed by atoms with Crippen LogP contribution in [-0.2, 0) is 4.79 Å². The summed E-state index contributed by atoms with van der Waals surface area (Å²) in [4.78, 5) is 11.3. The number of hydrazine groups is 1. The lowest BCUT2D eigenvalue weighted by Gasteiger charge is -2.16. The predicted octanol–water partition coefficient (Wildman–Crippen LogP) is 1.36. The Bertz CT molecular complexity index is 358. The van der Waals surface area contributed by atoms with Gasteiger partial charge < -0.3 is 4.74 Å². The lowest BCUT2D eigenvalue weighted by molar-refractivity contribution is -0.128. The number of carbonyl (C=O) groups is 1. The van der Waals surface area contributed by atoms with Crippen molar-refractivity contribution in [1.82, 2.24) is 5.43 Å². The van der Waals surface area contributed by atoms with Crippen LogP contribution >= 0.6 is 0 Å². The Kier molecular flexibility index (Phi) is 4.72. The minimum atomic E-state index is -0.758. The van der Waals surface area contributed by atoms with Crippen molar-refractivity contribution in [3.63, 3.8) is 0 Å². The highest BCUT2D eigenvalue weighted by Gasteiger charge is 2.19. The van der Waals surface area contributed by atoms with Crippen molar-refractivity contribution in [1.29, 1.82) is 0 Å². The molecule has 0 aliphatic carbocycles. The van der Waals surface area contributed by atoms with E-state index in [1.807, 2.05) is 12.3 Å². The van der Waals surface area contributed by atoms with Crippen molar-refractivity contribution >= 4 is 5.91 Å². The smallest absolute Gasteiger partial charge is 0.274 e. The van der Waals surface area contributed by atoms with Crippen molar-refractivity contribution in [2.75, 3.05) is 0 Å². The van der Waals surface area contributed by atoms with Crippen LogP contribution in [0.15, 0.2) is 24.3 Å². The molecule has 1 atom stereocenters. The second-order valence-electron chi connectivity index (χ2n) is 3.33. The Hall–Kier alpha value is -1.62. The summed E-state index contributed by atoms with van der Waals surface area (Å²) in [6.07, 6.45) is 0.469. The van der Waals surface area contributed by atoms with Crippen LogP contribution in [0.5, 0.6) is 5.75 Å². The van der Waals surface area contributed by atoms with Gasteiger partial charge in [-0.15, -0.1) is 0 Å². The van der Waals surface area contributed by atoms with Crippen LogP contribution in [0, 0.1) is 5.82 Å². The van der Waals surface area contributed by atoms with Crippen LogP contribution in [0.4, 0.5) is 4.39 Å². The zero-order valence-electron chi connectivity index (χ0n) is 9.07. The predicted molar refractivity (Wildman–Crippen MR) is 58.1 cm³/mol. The molecule has 0 bridgehead atoms. The van der Waals surface area contributed by atoms with E-state index in [2.05, 4.69) is 0 Å². The molecule has 5 heteroatoms. The Labute approximate surface area is 93.6 Å². The fourth-order valence-corrected chi connectivity index (χ4v) is 1.29. The van der Waals surface area contributed by atoms with Gasteiger partial charge in [-0.05, 0) is 18.6 Å². The van der Waals surface area contributed by atoms with E-state index in [4.69, 9.17) is 10.6 Å². The number of hydrogen-bond donors (Lipinski definition) is 2. The lowest BCUT2D eigenvalue weighted by Crippen LogP contribution is -2.42. The third-order valence-electron chi connectivity index (χ3n) is 2.09. The number of ether oxygens (including phenoxy) is 1. The first-order valence-corrected chi connectivity index (χ1v) is 5.10. The van der Waals surface area contributed by atoms with Crippen LogP contribution in [0.3, 0.4) is 0 Å². The number of nitrogens with one attached hydrogen (secondary N) is 1. The monoisotopic (exact) mass is 226 g/mol. The Morgan fingerprint density at radius 1 is 1.56 bits per heavy atom. The second-order valence-corrected chi connectivity index (χ2v) is 3.33. The van der Waals surface area contributed by atoms with Crippen molar-refractivity contribution in [3.05, 3.63) is 30.1 Å². The van der Waals surface area contributed by atoms with Crippen molar-refractivity contribution in [2.45, 2.75) is 25.9 Å². The highest BCUT2D eigenvalue weighted by Crippen LogP contribution is 2.18. The molecule has 0 heterocycles. The standard InChI is InChI=1S/C11H15FN2O2/c1-2-5-10(11(15)14-13)16-9-7-4-3-6-8(9)12/h3-4,6-7,10H,2,5,13H2,1H3,(H,14,15). The van der Waals surface area contributed by atoms with Crippen molar-refractivity contribution < 1.29 is 13.9 Å². The van der Waals surface area contributed by atoms with Crippen LogP contribution < -0.4 is 16.0 Å². The van der Waals surface area contributed by atoms with Gasteiger partial charge in [0.2, 0.25) is 0 Å². The van der Waals surface area contributed by atoms with Crippen LogP contribution in [0.2, 0.25) is 0 Å². The summed E-state index contributed by atoms with van der Waals surface area (Å²) < 4.78 is 18.5. The molecule has 1 unspecified atom stereocenters. The van der Waals surface area contributed by atoms with Gasteiger partial charge in [-0.3, -0.25) is 10.2 Å². The number of rotatable bonds is 5. The fraction of sp³-hybridized carbons (Fsp3) is 0.364. The summed E-state index contributed by atoms with van der Waals surface area (Å²) in [5, 5.41) is 0. The summed E-state index contributed by atoms with van der Waals surface area (Å²) in [5.74, 6) is 4.14. The topological polar surface area (TPSA) is 64.3 Å². The molecule has 1 rings (SSSR count). The van der Waals surface area contributed by atoms with Crippen LogP contribution in [0.1, 0.15) is 19.8 Å². The number of benzene rings is 1. The second kappa shape index (κ2) is 6.07. The lowest BCUT2D eigenvalue weighted by atomic mass is 10.2. The van der Waals surface area contributed by atoms with E-state index < -0.39 is 17.8 Å². The van der Waals surface area contributed by atoms with Crippen molar-refractivity contribution in [3.8, 4) is 5.75 Å². The average Bonchev–Trinajstić information content (AvgIpc) is 2.30. The quantitative estimate of drug-likeness (QED) is 0.452. The van der Waals surface area contributed by atoms with Gasteiger partial charge in [0.25, 0.3) is 5.91 Å². The molecule has 0 radical (unpaired) electrons. The van der Waals surface area contributed by atoms with Gasteiger partial charge in [0.15, 0.2) is 17.7 Å². The third kappa shape index (κ3) is 3.20. The number of nitrogens with two attached hydrogens (primary N) is 1. The Morgan fingerprint density at radius 2 is 2.25 bits per heavy atom. The molecule has 4 nitrogen and oxygen atoms in total. The van der Waals surface area contributed by atoms with Gasteiger partial charge in [0, 0.05) is 0 Å². The molecular formula is C11H15FN2O2. The van der Waals surface area contributed by atoms with E-state index >= 15 is 0 Å². The molecule has 88 valence electrons. The molecule has 0 fully saturated rings. The number of amides is 1. The van der Waals surface area contributed by atoms with Gasteiger partial charge >= 0.3 is 0 Å². The Balaban J connectivity index is 2.75. The number of halogens is 1. The van der Waals surface area contributed by atoms with Crippen molar-refractivity contribution in [2.24, 2.45) is 5.84 Å². The molecule has 1 aromatic rings. The zero-order valence-corrected chi connectivity index (χ0v) is 9.07. The van der Waals surface area contributed by atoms with E-state index in [1.54, 1.807) is 12.1 Å². The first kappa shape index (κ1) is 12.4. The van der Waals surface area contributed by atoms with E-state index in [0.29, 0.717) is 6.42 Å². The van der Waals surface area contributed by atoms with Gasteiger partial charge in [0.05, 0.1) is 0 Å². The molecule has 0 aliphatic heterocycles. The minimum Gasteiger partial charge on any atom is -0.477 e. The maximum Gasteiger partial charge on any atom is 0.274 e. The van der Waals surface area contributed by atoms with E-state index in [-0.39, 0.29) is 5.75 Å². The summed E-state index contributed by atoms with van der Waals surface area (Å²) in [7, 11) is 0. The molecule has 0 aromatic heterocycles. The number of para-hydroxylation sites is 1. The Morgan fingerprint density at radius 3 is 2.81 bits per heavy atom. The summed E-state index contributed by atoms with van der Waals surface area (Å²) >= 11 is 0. The first-order chi connectivity index (χ1) is 7.69. The molecule has 16 heavy (non-hydrogen) atoms.